The zero-order valence-corrected chi connectivity index (χ0v) is 78.8. The topological polar surface area (TPSA) is 519 Å². The molecule has 35 heteroatoms. The SMILES string of the molecule is CC(C)CCC(=O)N1C(=O)N[C@@H](CCCCN)N(C(=O)CCc2ccccc2)C(=O)N[C@@H](CCCCN)N(C(=O)CCc2ccccc2)C(=O)N[C@@H](Cc2ccccc2)N(CC(N)=O)C(=O)C(=O)N[C@@H](CCCCN)N(C(=O)CCc2ccccc2)C(=O)N[C@@H](CCCCN)N(C(=O)CCc2ccccc2)C(=O)N[C@@H](CCCCN)N(C(=O)CCc2ccccc2)C(=O)N[C@@H]1Cc1ccccc1. The van der Waals surface area contributed by atoms with Crippen molar-refractivity contribution in [2.45, 2.75) is 243 Å². The smallest absolute Gasteiger partial charge is 0.327 e. The molecule has 35 nitrogen and oxygen atoms in total. The maximum absolute atomic E-state index is 16.7. The summed E-state index contributed by atoms with van der Waals surface area (Å²) in [5.74, 6) is -10.3. The molecule has 0 spiro atoms. The van der Waals surface area contributed by atoms with Gasteiger partial charge >= 0.3 is 48.0 Å². The number of amides is 21. The van der Waals surface area contributed by atoms with Gasteiger partial charge in [-0.15, -0.1) is 0 Å². The van der Waals surface area contributed by atoms with Crippen molar-refractivity contribution < 1.29 is 71.9 Å². The molecule has 1 aliphatic rings. The first kappa shape index (κ1) is 109. The zero-order chi connectivity index (χ0) is 98.8. The lowest BCUT2D eigenvalue weighted by Crippen LogP contribution is -2.66. The third-order valence-corrected chi connectivity index (χ3v) is 23.5. The van der Waals surface area contributed by atoms with E-state index < -0.39 is 184 Å². The minimum absolute atomic E-state index is 0.00529. The number of imide groups is 6. The fourth-order valence-electron chi connectivity index (χ4n) is 16.2. The van der Waals surface area contributed by atoms with E-state index in [4.69, 9.17) is 34.4 Å². The van der Waals surface area contributed by atoms with E-state index >= 15 is 67.1 Å². The van der Waals surface area contributed by atoms with Crippen LogP contribution in [0.3, 0.4) is 0 Å². The number of aryl methyl sites for hydroxylation is 5. The average molecular weight is 1880 g/mol. The van der Waals surface area contributed by atoms with Crippen molar-refractivity contribution in [1.29, 1.82) is 0 Å². The molecule has 8 rings (SSSR count). The number of nitrogens with two attached hydrogens (primary N) is 6. The number of carbonyl (C=O) groups is 15. The third-order valence-electron chi connectivity index (χ3n) is 23.5. The summed E-state index contributed by atoms with van der Waals surface area (Å²) < 4.78 is 0. The number of nitrogens with zero attached hydrogens (tertiary/aromatic N) is 7. The van der Waals surface area contributed by atoms with Crippen LogP contribution in [0.15, 0.2) is 212 Å². The van der Waals surface area contributed by atoms with E-state index in [0.717, 1.165) is 14.7 Å². The van der Waals surface area contributed by atoms with Gasteiger partial charge < -0.3 is 76.5 Å². The molecule has 0 aliphatic carbocycles. The van der Waals surface area contributed by atoms with E-state index in [2.05, 4.69) is 37.2 Å². The number of hydrogen-bond donors (Lipinski definition) is 13. The summed E-state index contributed by atoms with van der Waals surface area (Å²) in [6, 6.07) is 52.4. The molecule has 0 bridgehead atoms. The van der Waals surface area contributed by atoms with Gasteiger partial charge in [-0.2, -0.15) is 0 Å². The van der Waals surface area contributed by atoms with Crippen LogP contribution in [0, 0.1) is 5.92 Å². The molecular weight excluding hydrogens is 1750 g/mol. The molecule has 1 saturated heterocycles. The van der Waals surface area contributed by atoms with E-state index in [0.29, 0.717) is 58.5 Å². The van der Waals surface area contributed by atoms with Crippen LogP contribution in [0.1, 0.15) is 194 Å². The summed E-state index contributed by atoms with van der Waals surface area (Å²) in [4.78, 5) is 245. The second-order valence-corrected chi connectivity index (χ2v) is 34.4. The van der Waals surface area contributed by atoms with Crippen molar-refractivity contribution in [3.63, 3.8) is 0 Å². The lowest BCUT2D eigenvalue weighted by Gasteiger charge is -2.39. The first-order chi connectivity index (χ1) is 66.2. The van der Waals surface area contributed by atoms with Gasteiger partial charge in [0.05, 0.1) is 0 Å². The molecule has 7 atom stereocenters. The summed E-state index contributed by atoms with van der Waals surface area (Å²) in [5.41, 5.74) is 41.0. The number of urea groups is 6. The van der Waals surface area contributed by atoms with Crippen LogP contribution in [0.4, 0.5) is 28.8 Å². The monoisotopic (exact) mass is 1880 g/mol. The lowest BCUT2D eigenvalue weighted by atomic mass is 10.1. The van der Waals surface area contributed by atoms with Gasteiger partial charge in [0.15, 0.2) is 0 Å². The van der Waals surface area contributed by atoms with E-state index in [9.17, 15) is 4.79 Å². The Kier molecular flexibility index (Phi) is 47.1. The second kappa shape index (κ2) is 59.3. The predicted octanol–water partition coefficient (Wildman–Crippen LogP) is 9.67. The van der Waals surface area contributed by atoms with Crippen LogP contribution in [0.25, 0.3) is 0 Å². The first-order valence-electron chi connectivity index (χ1n) is 47.7. The average Bonchev–Trinajstić information content (AvgIpc) is 1.00. The molecule has 1 heterocycles. The minimum atomic E-state index is -1.88. The maximum atomic E-state index is 16.7. The highest BCUT2D eigenvalue weighted by Crippen LogP contribution is 2.26. The summed E-state index contributed by atoms with van der Waals surface area (Å²) in [5, 5.41) is 19.6. The number of nitrogens with one attached hydrogen (secondary N) is 7. The Morgan fingerprint density at radius 1 is 0.270 bits per heavy atom. The first-order valence-corrected chi connectivity index (χ1v) is 47.7. The van der Waals surface area contributed by atoms with E-state index in [-0.39, 0.29) is 180 Å². The summed E-state index contributed by atoms with van der Waals surface area (Å²) in [7, 11) is 0. The predicted molar refractivity (Wildman–Crippen MR) is 521 cm³/mol. The summed E-state index contributed by atoms with van der Waals surface area (Å²) in [6.07, 6.45) is -16.4. The van der Waals surface area contributed by atoms with Crippen LogP contribution in [-0.4, -0.2) is 206 Å². The quantitative estimate of drug-likeness (QED) is 0.0125. The molecule has 0 unspecified atom stereocenters. The highest BCUT2D eigenvalue weighted by Gasteiger charge is 2.45. The molecule has 1 fully saturated rings. The van der Waals surface area contributed by atoms with Crippen LogP contribution in [-0.2, 0) is 88.1 Å². The Morgan fingerprint density at radius 2 is 0.474 bits per heavy atom. The highest BCUT2D eigenvalue weighted by molar-refractivity contribution is 6.35. The van der Waals surface area contributed by atoms with Gasteiger partial charge in [0.25, 0.3) is 0 Å². The molecule has 0 aromatic heterocycles. The molecule has 0 saturated carbocycles. The molecular formula is C102H138N20O15. The van der Waals surface area contributed by atoms with Gasteiger partial charge in [-0.05, 0) is 212 Å². The number of benzene rings is 7. The van der Waals surface area contributed by atoms with Crippen LogP contribution >= 0.6 is 0 Å². The molecule has 1 aliphatic heterocycles. The maximum Gasteiger partial charge on any atom is 0.327 e. The van der Waals surface area contributed by atoms with Crippen molar-refractivity contribution >= 4 is 89.4 Å². The fourth-order valence-corrected chi connectivity index (χ4v) is 16.2. The largest absolute Gasteiger partial charge is 0.368 e. The van der Waals surface area contributed by atoms with Crippen molar-refractivity contribution in [2.24, 2.45) is 40.3 Å². The van der Waals surface area contributed by atoms with Crippen LogP contribution in [0.5, 0.6) is 0 Å². The third kappa shape index (κ3) is 36.2. The minimum Gasteiger partial charge on any atom is -0.368 e. The molecule has 21 amide bonds. The second-order valence-electron chi connectivity index (χ2n) is 34.4. The summed E-state index contributed by atoms with van der Waals surface area (Å²) in [6.45, 7) is 2.80. The van der Waals surface area contributed by atoms with E-state index in [1.165, 1.54) is 0 Å². The molecule has 7 aromatic carbocycles. The Labute approximate surface area is 802 Å². The van der Waals surface area contributed by atoms with Crippen molar-refractivity contribution in [3.8, 4) is 0 Å². The Hall–Kier alpha value is -13.6. The normalized spacial score (nSPS) is 17.8. The Balaban J connectivity index is 1.47. The van der Waals surface area contributed by atoms with Crippen molar-refractivity contribution in [1.82, 2.24) is 71.5 Å². The van der Waals surface area contributed by atoms with Crippen molar-refractivity contribution in [3.05, 3.63) is 251 Å². The van der Waals surface area contributed by atoms with E-state index in [1.54, 1.807) is 212 Å². The zero-order valence-electron chi connectivity index (χ0n) is 78.8. The number of unbranched alkanes of at least 4 members (excludes halogenated alkanes) is 5. The Morgan fingerprint density at radius 3 is 0.708 bits per heavy atom. The fraction of sp³-hybridized carbons (Fsp3) is 0.441. The van der Waals surface area contributed by atoms with E-state index in [1.807, 2.05) is 13.8 Å². The van der Waals surface area contributed by atoms with Gasteiger partial charge in [0.1, 0.15) is 49.7 Å². The molecule has 0 radical (unpaired) electrons. The van der Waals surface area contributed by atoms with Gasteiger partial charge in [-0.25, -0.2) is 58.2 Å². The lowest BCUT2D eigenvalue weighted by molar-refractivity contribution is -0.150. The standard InChI is InChI=1S/C102H138N20O15/c1-73(2)53-59-89(124)122-88(71-80-46-22-9-23-47-80)115-102(137)121(94(129)64-58-78-42-18-7-19-43-78)85(51-27-32-68-106)112-99(134)118(91(126)61-55-75-36-12-4-13-37-75)83(49-25-30-66-104)110-97(132)117(90(125)60-54-74-34-10-3-11-35-74)82(48-24-29-65-103)109-95(130)96(131)116(72-81(108)123)87(70-79-44-20-8-21-45-79)114-101(136)120(93(128)63-57-77-40-16-6-17-41-77)84(50-26-31-67-105)111-98(133)119(86(113-100(122)135)52-28-33-69-107)92(127)62-56-76-38-14-5-15-39-76/h3-23,34-47,73,82-88H,24-33,48-72,103-107H2,1-2H3,(H2,108,123)(H,109,130)(H,110,132)(H,111,133)(H,112,134)(H,113,135)(H,114,136)(H,115,137)/t82-,83-,84-,85-,86-,87-,88+/m1/s1. The number of rotatable bonds is 44. The molecule has 736 valence electrons. The summed E-state index contributed by atoms with van der Waals surface area (Å²) >= 11 is 0. The number of primary amides is 1. The Bertz CT molecular complexity index is 4980. The van der Waals surface area contributed by atoms with Crippen LogP contribution < -0.4 is 71.6 Å². The molecule has 137 heavy (non-hydrogen) atoms. The van der Waals surface area contributed by atoms with Gasteiger partial charge in [-0.3, -0.25) is 43.2 Å². The number of carbonyl (C=O) groups excluding carboxylic acids is 15. The molecule has 7 aromatic rings. The van der Waals surface area contributed by atoms with Gasteiger partial charge in [0.2, 0.25) is 41.4 Å². The van der Waals surface area contributed by atoms with Crippen molar-refractivity contribution in [2.75, 3.05) is 39.3 Å². The highest BCUT2D eigenvalue weighted by atomic mass is 16.2. The number of hydrogen-bond acceptors (Lipinski definition) is 20. The van der Waals surface area contributed by atoms with Crippen LogP contribution in [0.2, 0.25) is 0 Å². The molecule has 19 N–H and O–H groups in total. The van der Waals surface area contributed by atoms with Gasteiger partial charge in [0, 0.05) is 51.4 Å². The van der Waals surface area contributed by atoms with Gasteiger partial charge in [-0.1, -0.05) is 226 Å².